The molecule has 1 saturated heterocycles. The number of hydrogen-bond donors (Lipinski definition) is 3. The van der Waals surface area contributed by atoms with Crippen LogP contribution in [0, 0.1) is 0 Å². The third kappa shape index (κ3) is 1.82. The summed E-state index contributed by atoms with van der Waals surface area (Å²) >= 11 is 1.43. The third-order valence-electron chi connectivity index (χ3n) is 3.71. The number of aliphatic hydroxyl groups excluding tert-OH is 2. The maximum atomic E-state index is 9.88. The van der Waals surface area contributed by atoms with Crippen LogP contribution in [-0.2, 0) is 4.74 Å². The lowest BCUT2D eigenvalue weighted by Crippen LogP contribution is -2.24. The fraction of sp³-hybridized carbons (Fsp3) is 0.417. The van der Waals surface area contributed by atoms with Crippen LogP contribution in [0.15, 0.2) is 12.7 Å². The fourth-order valence-electron chi connectivity index (χ4n) is 2.66. The van der Waals surface area contributed by atoms with E-state index in [4.69, 9.17) is 10.5 Å². The second kappa shape index (κ2) is 4.60. The largest absolute Gasteiger partial charge is 0.394 e. The number of nitrogens with two attached hydrogens (primary N) is 1. The Bertz CT molecular complexity index is 816. The summed E-state index contributed by atoms with van der Waals surface area (Å²) in [6.07, 6.45) is 1.84. The average molecular weight is 307 g/mol. The Kier molecular flexibility index (Phi) is 2.82. The third-order valence-corrected chi connectivity index (χ3v) is 4.81. The number of thiophene rings is 1. The molecule has 0 spiro atoms. The highest BCUT2D eigenvalue weighted by molar-refractivity contribution is 7.25. The molecule has 0 bridgehead atoms. The van der Waals surface area contributed by atoms with Crippen LogP contribution in [0.25, 0.3) is 20.6 Å². The van der Waals surface area contributed by atoms with Crippen molar-refractivity contribution < 1.29 is 14.9 Å². The van der Waals surface area contributed by atoms with Crippen molar-refractivity contribution >= 4 is 37.7 Å². The molecule has 0 saturated carbocycles. The lowest BCUT2D eigenvalue weighted by molar-refractivity contribution is -0.0430. The van der Waals surface area contributed by atoms with Crippen LogP contribution in [0.4, 0.5) is 5.82 Å². The normalized spacial score (nSPS) is 26.1. The van der Waals surface area contributed by atoms with Gasteiger partial charge in [0.25, 0.3) is 0 Å². The van der Waals surface area contributed by atoms with Gasteiger partial charge >= 0.3 is 0 Å². The molecule has 1 aliphatic heterocycles. The summed E-state index contributed by atoms with van der Waals surface area (Å²) < 4.78 is 8.30. The highest BCUT2D eigenvalue weighted by Crippen LogP contribution is 2.38. The zero-order chi connectivity index (χ0) is 14.6. The van der Waals surface area contributed by atoms with Crippen molar-refractivity contribution in [2.75, 3.05) is 12.3 Å². The first kappa shape index (κ1) is 12.9. The molecule has 110 valence electrons. The summed E-state index contributed by atoms with van der Waals surface area (Å²) in [6.45, 7) is -0.213. The monoisotopic (exact) mass is 307 g/mol. The van der Waals surface area contributed by atoms with Crippen LogP contribution < -0.4 is 5.73 Å². The van der Waals surface area contributed by atoms with Gasteiger partial charge in [0.1, 0.15) is 40.3 Å². The van der Waals surface area contributed by atoms with E-state index < -0.39 is 12.2 Å². The van der Waals surface area contributed by atoms with Crippen molar-refractivity contribution in [1.82, 2.24) is 19.5 Å². The molecule has 1 fully saturated rings. The first-order valence-electron chi connectivity index (χ1n) is 6.49. The number of anilines is 1. The zero-order valence-corrected chi connectivity index (χ0v) is 11.7. The molecule has 0 radical (unpaired) electrons. The van der Waals surface area contributed by atoms with E-state index in [0.29, 0.717) is 12.2 Å². The molecule has 4 rings (SSSR count). The molecule has 0 aromatic carbocycles. The summed E-state index contributed by atoms with van der Waals surface area (Å²) in [5.74, 6) is 0.426. The number of nitrogens with zero attached hydrogens (tertiary/aromatic N) is 4. The maximum Gasteiger partial charge on any atom is 0.145 e. The Morgan fingerprint density at radius 1 is 1.43 bits per heavy atom. The van der Waals surface area contributed by atoms with Gasteiger partial charge in [0.2, 0.25) is 0 Å². The van der Waals surface area contributed by atoms with Crippen LogP contribution in [0.2, 0.25) is 0 Å². The van der Waals surface area contributed by atoms with E-state index in [0.717, 1.165) is 20.6 Å². The van der Waals surface area contributed by atoms with Crippen molar-refractivity contribution in [3.63, 3.8) is 0 Å². The first-order chi connectivity index (χ1) is 10.2. The Labute approximate surface area is 122 Å². The van der Waals surface area contributed by atoms with Gasteiger partial charge in [0.15, 0.2) is 0 Å². The molecule has 1 aliphatic rings. The molecular formula is C12H13N5O3S. The zero-order valence-electron chi connectivity index (χ0n) is 10.9. The summed E-state index contributed by atoms with van der Waals surface area (Å²) in [4.78, 5) is 13.4. The standard InChI is InChI=1S/C12H13N5O3S/c13-11-10-8(14-3-15-11)9-12(21-10)16-4-17(9)7-1-5(19)6(2-18)20-7/h3-7,18-19H,1-2H2,(H2,13,14,15)/t5-,6+,7+/m0/s1. The van der Waals surface area contributed by atoms with Crippen molar-refractivity contribution in [3.05, 3.63) is 12.7 Å². The molecule has 8 nitrogen and oxygen atoms in total. The number of aromatic nitrogens is 4. The molecule has 4 heterocycles. The lowest BCUT2D eigenvalue weighted by atomic mass is 10.2. The van der Waals surface area contributed by atoms with E-state index in [2.05, 4.69) is 15.0 Å². The molecule has 21 heavy (non-hydrogen) atoms. The minimum absolute atomic E-state index is 0.213. The number of nitrogen functional groups attached to an aromatic ring is 1. The van der Waals surface area contributed by atoms with Crippen LogP contribution in [-0.4, -0.2) is 48.5 Å². The summed E-state index contributed by atoms with van der Waals surface area (Å²) in [7, 11) is 0. The van der Waals surface area contributed by atoms with Crippen molar-refractivity contribution in [2.45, 2.75) is 24.9 Å². The molecular weight excluding hydrogens is 294 g/mol. The summed E-state index contributed by atoms with van der Waals surface area (Å²) in [5.41, 5.74) is 7.41. The highest BCUT2D eigenvalue weighted by Gasteiger charge is 2.35. The minimum Gasteiger partial charge on any atom is -0.394 e. The van der Waals surface area contributed by atoms with Crippen LogP contribution >= 0.6 is 11.3 Å². The SMILES string of the molecule is Nc1ncnc2c1sc1ncn([C@H]3C[C@H](O)[C@@H](CO)O3)c12. The van der Waals surface area contributed by atoms with Crippen molar-refractivity contribution in [2.24, 2.45) is 0 Å². The Hall–Kier alpha value is -1.81. The smallest absolute Gasteiger partial charge is 0.145 e. The average Bonchev–Trinajstić information content (AvgIpc) is 3.12. The molecule has 3 aromatic heterocycles. The molecule has 9 heteroatoms. The van der Waals surface area contributed by atoms with E-state index in [9.17, 15) is 10.2 Å². The predicted molar refractivity (Wildman–Crippen MR) is 76.7 cm³/mol. The Morgan fingerprint density at radius 3 is 3.05 bits per heavy atom. The number of aliphatic hydroxyl groups is 2. The van der Waals surface area contributed by atoms with Crippen LogP contribution in [0.1, 0.15) is 12.6 Å². The Balaban J connectivity index is 1.86. The number of ether oxygens (including phenoxy) is 1. The quantitative estimate of drug-likeness (QED) is 0.621. The predicted octanol–water partition coefficient (Wildman–Crippen LogP) is 0.264. The van der Waals surface area contributed by atoms with E-state index >= 15 is 0 Å². The second-order valence-electron chi connectivity index (χ2n) is 4.96. The van der Waals surface area contributed by atoms with E-state index in [-0.39, 0.29) is 12.8 Å². The van der Waals surface area contributed by atoms with Gasteiger partial charge in [-0.1, -0.05) is 0 Å². The number of fused-ring (bicyclic) bond motifs is 3. The van der Waals surface area contributed by atoms with Crippen molar-refractivity contribution in [3.8, 4) is 0 Å². The topological polar surface area (TPSA) is 119 Å². The van der Waals surface area contributed by atoms with E-state index in [1.807, 2.05) is 4.57 Å². The van der Waals surface area contributed by atoms with E-state index in [1.54, 1.807) is 6.33 Å². The Morgan fingerprint density at radius 2 is 2.29 bits per heavy atom. The van der Waals surface area contributed by atoms with Gasteiger partial charge in [-0.3, -0.25) is 0 Å². The summed E-state index contributed by atoms with van der Waals surface area (Å²) in [6, 6.07) is 0. The molecule has 3 aromatic rings. The molecule has 4 N–H and O–H groups in total. The van der Waals surface area contributed by atoms with Crippen LogP contribution in [0.3, 0.4) is 0 Å². The number of hydrogen-bond acceptors (Lipinski definition) is 8. The van der Waals surface area contributed by atoms with Gasteiger partial charge in [-0.05, 0) is 0 Å². The number of imidazole rings is 1. The molecule has 3 atom stereocenters. The highest BCUT2D eigenvalue weighted by atomic mass is 32.1. The molecule has 0 amide bonds. The van der Waals surface area contributed by atoms with Gasteiger partial charge in [0.05, 0.1) is 23.7 Å². The molecule has 0 aliphatic carbocycles. The van der Waals surface area contributed by atoms with Gasteiger partial charge in [-0.15, -0.1) is 11.3 Å². The van der Waals surface area contributed by atoms with Crippen LogP contribution in [0.5, 0.6) is 0 Å². The van der Waals surface area contributed by atoms with Gasteiger partial charge in [-0.25, -0.2) is 15.0 Å². The second-order valence-corrected chi connectivity index (χ2v) is 5.96. The fourth-order valence-corrected chi connectivity index (χ4v) is 3.66. The maximum absolute atomic E-state index is 9.88. The minimum atomic E-state index is -0.693. The van der Waals surface area contributed by atoms with E-state index in [1.165, 1.54) is 17.7 Å². The van der Waals surface area contributed by atoms with Crippen molar-refractivity contribution in [1.29, 1.82) is 0 Å². The van der Waals surface area contributed by atoms with Gasteiger partial charge < -0.3 is 25.3 Å². The van der Waals surface area contributed by atoms with Gasteiger partial charge in [0, 0.05) is 6.42 Å². The lowest BCUT2D eigenvalue weighted by Gasteiger charge is -2.13. The first-order valence-corrected chi connectivity index (χ1v) is 7.30. The van der Waals surface area contributed by atoms with Gasteiger partial charge in [-0.2, -0.15) is 0 Å². The molecule has 0 unspecified atom stereocenters. The summed E-state index contributed by atoms with van der Waals surface area (Å²) in [5, 5.41) is 19.1. The number of rotatable bonds is 2.